The van der Waals surface area contributed by atoms with E-state index < -0.39 is 0 Å². The van der Waals surface area contributed by atoms with Gasteiger partial charge >= 0.3 is 0 Å². The van der Waals surface area contributed by atoms with Crippen molar-refractivity contribution in [3.05, 3.63) is 23.3 Å². The standard InChI is InChI=1S/C13H21ClO/c1-5-6-7-10(2)8-11(3)9-12(4)13(14)15/h8-10H,5-7H2,1-4H3/b11-8+,12-9+/t10-/m0/s1. The summed E-state index contributed by atoms with van der Waals surface area (Å²) >= 11 is 5.36. The summed E-state index contributed by atoms with van der Waals surface area (Å²) in [5.74, 6) is 0.569. The summed E-state index contributed by atoms with van der Waals surface area (Å²) in [6.45, 7) is 8.14. The lowest BCUT2D eigenvalue weighted by atomic mass is 10.0. The van der Waals surface area contributed by atoms with E-state index in [0.29, 0.717) is 11.5 Å². The van der Waals surface area contributed by atoms with Gasteiger partial charge in [0.15, 0.2) is 0 Å². The van der Waals surface area contributed by atoms with Gasteiger partial charge in [0.25, 0.3) is 0 Å². The van der Waals surface area contributed by atoms with Crippen LogP contribution in [0.2, 0.25) is 0 Å². The van der Waals surface area contributed by atoms with Gasteiger partial charge < -0.3 is 0 Å². The van der Waals surface area contributed by atoms with E-state index in [9.17, 15) is 4.79 Å². The second kappa shape index (κ2) is 7.70. The maximum atomic E-state index is 10.8. The fraction of sp³-hybridized carbons (Fsp3) is 0.615. The van der Waals surface area contributed by atoms with Crippen molar-refractivity contribution in [2.24, 2.45) is 5.92 Å². The van der Waals surface area contributed by atoms with E-state index in [1.54, 1.807) is 6.92 Å². The highest BCUT2D eigenvalue weighted by atomic mass is 35.5. The number of rotatable bonds is 6. The molecule has 0 radical (unpaired) electrons. The lowest BCUT2D eigenvalue weighted by Gasteiger charge is -2.05. The van der Waals surface area contributed by atoms with Gasteiger partial charge in [-0.15, -0.1) is 0 Å². The molecule has 2 heteroatoms. The predicted octanol–water partition coefficient (Wildman–Crippen LogP) is 4.47. The Morgan fingerprint density at radius 1 is 1.40 bits per heavy atom. The molecule has 0 heterocycles. The number of unbranched alkanes of at least 4 members (excludes halogenated alkanes) is 1. The Bertz CT molecular complexity index is 264. The molecule has 15 heavy (non-hydrogen) atoms. The molecule has 0 amide bonds. The summed E-state index contributed by atoms with van der Waals surface area (Å²) in [6, 6.07) is 0. The van der Waals surface area contributed by atoms with Crippen LogP contribution in [0.1, 0.15) is 47.0 Å². The monoisotopic (exact) mass is 228 g/mol. The smallest absolute Gasteiger partial charge is 0.248 e. The molecule has 0 bridgehead atoms. The van der Waals surface area contributed by atoms with Crippen LogP contribution < -0.4 is 0 Å². The van der Waals surface area contributed by atoms with Crippen LogP contribution >= 0.6 is 11.6 Å². The van der Waals surface area contributed by atoms with E-state index >= 15 is 0 Å². The number of hydrogen-bond donors (Lipinski definition) is 0. The number of carbonyl (C=O) groups is 1. The third-order valence-corrected chi connectivity index (χ3v) is 2.61. The molecule has 0 saturated carbocycles. The van der Waals surface area contributed by atoms with Crippen LogP contribution in [0.5, 0.6) is 0 Å². The van der Waals surface area contributed by atoms with Gasteiger partial charge in [0.1, 0.15) is 0 Å². The van der Waals surface area contributed by atoms with Crippen LogP contribution in [0.25, 0.3) is 0 Å². The molecule has 0 spiro atoms. The van der Waals surface area contributed by atoms with Crippen molar-refractivity contribution < 1.29 is 4.79 Å². The van der Waals surface area contributed by atoms with Gasteiger partial charge in [-0.1, -0.05) is 44.4 Å². The molecule has 0 aromatic heterocycles. The first-order valence-corrected chi connectivity index (χ1v) is 5.91. The highest BCUT2D eigenvalue weighted by molar-refractivity contribution is 6.67. The zero-order chi connectivity index (χ0) is 11.8. The van der Waals surface area contributed by atoms with Crippen molar-refractivity contribution in [1.82, 2.24) is 0 Å². The van der Waals surface area contributed by atoms with Crippen molar-refractivity contribution >= 4 is 16.8 Å². The van der Waals surface area contributed by atoms with Gasteiger partial charge in [0.05, 0.1) is 0 Å². The molecule has 86 valence electrons. The molecule has 0 N–H and O–H groups in total. The lowest BCUT2D eigenvalue weighted by molar-refractivity contribution is -0.108. The molecule has 0 saturated heterocycles. The first-order chi connectivity index (χ1) is 6.97. The van der Waals surface area contributed by atoms with Crippen molar-refractivity contribution in [3.8, 4) is 0 Å². The molecular formula is C13H21ClO. The van der Waals surface area contributed by atoms with E-state index in [-0.39, 0.29) is 5.24 Å². The quantitative estimate of drug-likeness (QED) is 0.372. The molecule has 0 aliphatic carbocycles. The summed E-state index contributed by atoms with van der Waals surface area (Å²) in [5, 5.41) is -0.371. The lowest BCUT2D eigenvalue weighted by Crippen LogP contribution is -1.92. The fourth-order valence-corrected chi connectivity index (χ4v) is 1.56. The Balaban J connectivity index is 4.30. The van der Waals surface area contributed by atoms with Gasteiger partial charge in [-0.05, 0) is 37.8 Å². The van der Waals surface area contributed by atoms with Crippen molar-refractivity contribution in [3.63, 3.8) is 0 Å². The van der Waals surface area contributed by atoms with Crippen LogP contribution in [0, 0.1) is 5.92 Å². The average molecular weight is 229 g/mol. The molecule has 0 aliphatic rings. The van der Waals surface area contributed by atoms with Crippen LogP contribution in [0.15, 0.2) is 23.3 Å². The van der Waals surface area contributed by atoms with Gasteiger partial charge in [0.2, 0.25) is 5.24 Å². The molecule has 1 nitrogen and oxygen atoms in total. The van der Waals surface area contributed by atoms with Crippen molar-refractivity contribution in [2.45, 2.75) is 47.0 Å². The topological polar surface area (TPSA) is 17.1 Å². The minimum atomic E-state index is -0.371. The fourth-order valence-electron chi connectivity index (χ4n) is 1.50. The third kappa shape index (κ3) is 7.38. The summed E-state index contributed by atoms with van der Waals surface area (Å²) in [4.78, 5) is 10.8. The van der Waals surface area contributed by atoms with E-state index in [4.69, 9.17) is 11.6 Å². The summed E-state index contributed by atoms with van der Waals surface area (Å²) in [7, 11) is 0. The zero-order valence-electron chi connectivity index (χ0n) is 10.1. The largest absolute Gasteiger partial charge is 0.276 e. The van der Waals surface area contributed by atoms with E-state index in [2.05, 4.69) is 19.9 Å². The molecule has 0 fully saturated rings. The SMILES string of the molecule is CCCC[C@H](C)/C=C(C)/C=C(\C)C(=O)Cl. The summed E-state index contributed by atoms with van der Waals surface area (Å²) in [6.07, 6.45) is 7.72. The molecule has 0 unspecified atom stereocenters. The predicted molar refractivity (Wildman–Crippen MR) is 67.1 cm³/mol. The van der Waals surface area contributed by atoms with Crippen LogP contribution in [0.3, 0.4) is 0 Å². The second-order valence-electron chi connectivity index (χ2n) is 4.13. The van der Waals surface area contributed by atoms with Crippen LogP contribution in [-0.4, -0.2) is 5.24 Å². The number of carbonyl (C=O) groups excluding carboxylic acids is 1. The summed E-state index contributed by atoms with van der Waals surface area (Å²) in [5.41, 5.74) is 1.72. The Hall–Kier alpha value is -0.560. The summed E-state index contributed by atoms with van der Waals surface area (Å²) < 4.78 is 0. The zero-order valence-corrected chi connectivity index (χ0v) is 10.9. The minimum Gasteiger partial charge on any atom is -0.276 e. The normalized spacial score (nSPS) is 15.3. The number of hydrogen-bond acceptors (Lipinski definition) is 1. The minimum absolute atomic E-state index is 0.371. The Labute approximate surface area is 98.2 Å². The highest BCUT2D eigenvalue weighted by Crippen LogP contribution is 2.13. The molecule has 0 rings (SSSR count). The molecule has 0 aliphatic heterocycles. The molecular weight excluding hydrogens is 208 g/mol. The Morgan fingerprint density at radius 2 is 2.00 bits per heavy atom. The third-order valence-electron chi connectivity index (χ3n) is 2.31. The number of halogens is 1. The Morgan fingerprint density at radius 3 is 2.47 bits per heavy atom. The van der Waals surface area contributed by atoms with Gasteiger partial charge in [0, 0.05) is 5.57 Å². The van der Waals surface area contributed by atoms with Crippen molar-refractivity contribution in [2.75, 3.05) is 0 Å². The van der Waals surface area contributed by atoms with Gasteiger partial charge in [-0.25, -0.2) is 0 Å². The van der Waals surface area contributed by atoms with E-state index in [1.807, 2.05) is 13.0 Å². The van der Waals surface area contributed by atoms with Gasteiger partial charge in [-0.2, -0.15) is 0 Å². The van der Waals surface area contributed by atoms with Crippen LogP contribution in [0.4, 0.5) is 0 Å². The highest BCUT2D eigenvalue weighted by Gasteiger charge is 2.00. The number of allylic oxidation sites excluding steroid dienone is 4. The second-order valence-corrected chi connectivity index (χ2v) is 4.47. The van der Waals surface area contributed by atoms with Gasteiger partial charge in [-0.3, -0.25) is 4.79 Å². The molecule has 0 aromatic rings. The van der Waals surface area contributed by atoms with Crippen LogP contribution in [-0.2, 0) is 4.79 Å². The average Bonchev–Trinajstić information content (AvgIpc) is 2.14. The maximum Gasteiger partial charge on any atom is 0.248 e. The molecule has 1 atom stereocenters. The van der Waals surface area contributed by atoms with E-state index in [1.165, 1.54) is 19.3 Å². The Kier molecular flexibility index (Phi) is 7.41. The van der Waals surface area contributed by atoms with Crippen molar-refractivity contribution in [1.29, 1.82) is 0 Å². The first kappa shape index (κ1) is 14.4. The first-order valence-electron chi connectivity index (χ1n) is 5.54. The van der Waals surface area contributed by atoms with E-state index in [0.717, 1.165) is 5.57 Å². The molecule has 0 aromatic carbocycles. The maximum absolute atomic E-state index is 10.8.